The van der Waals surface area contributed by atoms with Crippen LogP contribution in [0.1, 0.15) is 40.5 Å². The van der Waals surface area contributed by atoms with Crippen LogP contribution in [-0.2, 0) is 0 Å². The first-order chi connectivity index (χ1) is 6.04. The van der Waals surface area contributed by atoms with E-state index in [1.54, 1.807) is 0 Å². The molecule has 76 valence electrons. The van der Waals surface area contributed by atoms with Gasteiger partial charge in [-0.3, -0.25) is 0 Å². The number of hydrogen-bond acceptors (Lipinski definition) is 1. The maximum atomic E-state index is 4.14. The molecule has 1 fully saturated rings. The second-order valence-electron chi connectivity index (χ2n) is 4.71. The molecule has 0 aromatic rings. The van der Waals surface area contributed by atoms with Crippen molar-refractivity contribution in [1.82, 2.24) is 4.90 Å². The van der Waals surface area contributed by atoms with Gasteiger partial charge >= 0.3 is 0 Å². The van der Waals surface area contributed by atoms with Crippen LogP contribution in [0.5, 0.6) is 0 Å². The van der Waals surface area contributed by atoms with Crippen molar-refractivity contribution in [2.24, 2.45) is 11.3 Å². The monoisotopic (exact) mass is 181 g/mol. The van der Waals surface area contributed by atoms with Crippen LogP contribution < -0.4 is 0 Å². The summed E-state index contributed by atoms with van der Waals surface area (Å²) in [6.45, 7) is 15.7. The van der Waals surface area contributed by atoms with E-state index in [2.05, 4.69) is 39.2 Å². The molecule has 1 heteroatoms. The molecule has 1 heterocycles. The molecule has 0 amide bonds. The van der Waals surface area contributed by atoms with Crippen molar-refractivity contribution >= 4 is 0 Å². The zero-order valence-electron chi connectivity index (χ0n) is 9.56. The van der Waals surface area contributed by atoms with Gasteiger partial charge in [-0.05, 0) is 18.8 Å². The van der Waals surface area contributed by atoms with Gasteiger partial charge in [0.25, 0.3) is 0 Å². The largest absolute Gasteiger partial charge is 0.374 e. The molecule has 1 rings (SSSR count). The molecule has 1 saturated heterocycles. The van der Waals surface area contributed by atoms with Crippen LogP contribution >= 0.6 is 0 Å². The Morgan fingerprint density at radius 3 is 2.08 bits per heavy atom. The summed E-state index contributed by atoms with van der Waals surface area (Å²) >= 11 is 0. The Kier molecular flexibility index (Phi) is 3.05. The fraction of sp³-hybridized carbons (Fsp3) is 0.833. The number of nitrogens with zero attached hydrogens (tertiary/aromatic N) is 1. The minimum absolute atomic E-state index is 0.603. The summed E-state index contributed by atoms with van der Waals surface area (Å²) in [5, 5.41) is 0. The van der Waals surface area contributed by atoms with Crippen molar-refractivity contribution in [2.45, 2.75) is 40.5 Å². The van der Waals surface area contributed by atoms with E-state index in [0.29, 0.717) is 11.3 Å². The van der Waals surface area contributed by atoms with Gasteiger partial charge in [0.1, 0.15) is 0 Å². The van der Waals surface area contributed by atoms with E-state index in [1.807, 2.05) is 0 Å². The van der Waals surface area contributed by atoms with E-state index >= 15 is 0 Å². The predicted octanol–water partition coefficient (Wildman–Crippen LogP) is 3.28. The topological polar surface area (TPSA) is 3.24 Å². The first kappa shape index (κ1) is 10.6. The summed E-state index contributed by atoms with van der Waals surface area (Å²) < 4.78 is 0. The Bertz CT molecular complexity index is 181. The SMILES string of the molecule is C=C(C(C)C)N1CC(CC)(CC)C1. The molecule has 0 saturated carbocycles. The molecule has 0 spiro atoms. The van der Waals surface area contributed by atoms with Crippen LogP contribution in [0.2, 0.25) is 0 Å². The Labute approximate surface area is 82.8 Å². The van der Waals surface area contributed by atoms with Crippen LogP contribution in [-0.4, -0.2) is 18.0 Å². The molecule has 1 aliphatic heterocycles. The van der Waals surface area contributed by atoms with Gasteiger partial charge in [-0.25, -0.2) is 0 Å². The van der Waals surface area contributed by atoms with Crippen molar-refractivity contribution in [3.8, 4) is 0 Å². The molecule has 13 heavy (non-hydrogen) atoms. The molecule has 0 radical (unpaired) electrons. The maximum absolute atomic E-state index is 4.14. The van der Waals surface area contributed by atoms with Crippen molar-refractivity contribution in [3.05, 3.63) is 12.3 Å². The van der Waals surface area contributed by atoms with E-state index in [1.165, 1.54) is 31.6 Å². The third-order valence-corrected chi connectivity index (χ3v) is 3.63. The minimum Gasteiger partial charge on any atom is -0.374 e. The summed E-state index contributed by atoms with van der Waals surface area (Å²) in [5.74, 6) is 0.603. The minimum atomic E-state index is 0.603. The molecule has 1 nitrogen and oxygen atoms in total. The first-order valence-corrected chi connectivity index (χ1v) is 5.48. The fourth-order valence-corrected chi connectivity index (χ4v) is 2.03. The molecule has 0 atom stereocenters. The highest BCUT2D eigenvalue weighted by molar-refractivity contribution is 5.07. The van der Waals surface area contributed by atoms with Crippen molar-refractivity contribution in [3.63, 3.8) is 0 Å². The Morgan fingerprint density at radius 1 is 1.31 bits per heavy atom. The number of likely N-dealkylation sites (tertiary alicyclic amines) is 1. The van der Waals surface area contributed by atoms with E-state index in [9.17, 15) is 0 Å². The molecule has 0 N–H and O–H groups in total. The van der Waals surface area contributed by atoms with E-state index in [-0.39, 0.29) is 0 Å². The van der Waals surface area contributed by atoms with E-state index in [4.69, 9.17) is 0 Å². The lowest BCUT2D eigenvalue weighted by atomic mass is 9.74. The van der Waals surface area contributed by atoms with Gasteiger partial charge in [0.05, 0.1) is 0 Å². The lowest BCUT2D eigenvalue weighted by molar-refractivity contribution is 0.0153. The van der Waals surface area contributed by atoms with Crippen LogP contribution in [0.25, 0.3) is 0 Å². The molecule has 0 bridgehead atoms. The van der Waals surface area contributed by atoms with Gasteiger partial charge in [0, 0.05) is 24.2 Å². The van der Waals surface area contributed by atoms with Crippen LogP contribution in [0.4, 0.5) is 0 Å². The zero-order valence-corrected chi connectivity index (χ0v) is 9.56. The average molecular weight is 181 g/mol. The standard InChI is InChI=1S/C12H23N/c1-6-12(7-2)8-13(9-12)11(5)10(3)4/h10H,5-9H2,1-4H3. The lowest BCUT2D eigenvalue weighted by Gasteiger charge is -2.52. The van der Waals surface area contributed by atoms with Crippen molar-refractivity contribution in [2.75, 3.05) is 13.1 Å². The fourth-order valence-electron chi connectivity index (χ4n) is 2.03. The van der Waals surface area contributed by atoms with E-state index in [0.717, 1.165) is 0 Å². The van der Waals surface area contributed by atoms with Gasteiger partial charge in [-0.1, -0.05) is 34.3 Å². The van der Waals surface area contributed by atoms with Gasteiger partial charge in [-0.15, -0.1) is 0 Å². The lowest BCUT2D eigenvalue weighted by Crippen LogP contribution is -2.55. The van der Waals surface area contributed by atoms with Crippen molar-refractivity contribution < 1.29 is 0 Å². The zero-order chi connectivity index (χ0) is 10.1. The quantitative estimate of drug-likeness (QED) is 0.643. The number of allylic oxidation sites excluding steroid dienone is 1. The summed E-state index contributed by atoms with van der Waals surface area (Å²) in [5.41, 5.74) is 1.93. The van der Waals surface area contributed by atoms with Gasteiger partial charge < -0.3 is 4.90 Å². The smallest absolute Gasteiger partial charge is 0.0248 e. The van der Waals surface area contributed by atoms with E-state index < -0.39 is 0 Å². The highest BCUT2D eigenvalue weighted by Crippen LogP contribution is 2.39. The Hall–Kier alpha value is -0.460. The van der Waals surface area contributed by atoms with Crippen LogP contribution in [0.15, 0.2) is 12.3 Å². The summed E-state index contributed by atoms with van der Waals surface area (Å²) in [6, 6.07) is 0. The molecule has 0 aromatic carbocycles. The highest BCUT2D eigenvalue weighted by Gasteiger charge is 2.40. The van der Waals surface area contributed by atoms with Gasteiger partial charge in [0.2, 0.25) is 0 Å². The molecular weight excluding hydrogens is 158 g/mol. The molecule has 0 unspecified atom stereocenters. The number of hydrogen-bond donors (Lipinski definition) is 0. The van der Waals surface area contributed by atoms with Gasteiger partial charge in [0.15, 0.2) is 0 Å². The summed E-state index contributed by atoms with van der Waals surface area (Å²) in [7, 11) is 0. The third kappa shape index (κ3) is 1.90. The number of rotatable bonds is 4. The Balaban J connectivity index is 2.44. The normalized spacial score (nSPS) is 20.2. The molecule has 0 aromatic heterocycles. The molecule has 0 aliphatic carbocycles. The summed E-state index contributed by atoms with van der Waals surface area (Å²) in [4.78, 5) is 2.44. The van der Waals surface area contributed by atoms with Crippen LogP contribution in [0.3, 0.4) is 0 Å². The second kappa shape index (κ2) is 3.73. The maximum Gasteiger partial charge on any atom is 0.0248 e. The molecular formula is C12H23N. The Morgan fingerprint density at radius 2 is 1.77 bits per heavy atom. The highest BCUT2D eigenvalue weighted by atomic mass is 15.2. The third-order valence-electron chi connectivity index (χ3n) is 3.63. The van der Waals surface area contributed by atoms with Gasteiger partial charge in [-0.2, -0.15) is 0 Å². The molecule has 1 aliphatic rings. The summed E-state index contributed by atoms with van der Waals surface area (Å²) in [6.07, 6.45) is 2.62. The first-order valence-electron chi connectivity index (χ1n) is 5.48. The second-order valence-corrected chi connectivity index (χ2v) is 4.71. The van der Waals surface area contributed by atoms with Crippen molar-refractivity contribution in [1.29, 1.82) is 0 Å². The van der Waals surface area contributed by atoms with Crippen LogP contribution in [0, 0.1) is 11.3 Å². The average Bonchev–Trinajstić information content (AvgIpc) is 2.04. The predicted molar refractivity (Wildman–Crippen MR) is 58.6 cm³/mol.